The molecule has 0 atom stereocenters. The van der Waals surface area contributed by atoms with Crippen LogP contribution in [-0.2, 0) is 0 Å². The number of hydrogen-bond donors (Lipinski definition) is 1. The summed E-state index contributed by atoms with van der Waals surface area (Å²) in [5, 5.41) is 15.1. The van der Waals surface area contributed by atoms with Crippen molar-refractivity contribution in [1.82, 2.24) is 15.0 Å². The highest BCUT2D eigenvalue weighted by molar-refractivity contribution is 5.92. The van der Waals surface area contributed by atoms with Gasteiger partial charge in [-0.3, -0.25) is 10.1 Å². The summed E-state index contributed by atoms with van der Waals surface area (Å²) in [7, 11) is 1.46. The van der Waals surface area contributed by atoms with Crippen LogP contribution in [0.4, 0.5) is 23.5 Å². The fourth-order valence-electron chi connectivity index (χ4n) is 4.41. The third-order valence-electron chi connectivity index (χ3n) is 6.47. The summed E-state index contributed by atoms with van der Waals surface area (Å²) in [5.74, 6) is 1.54. The van der Waals surface area contributed by atoms with E-state index in [-0.39, 0.29) is 17.0 Å². The van der Waals surface area contributed by atoms with Crippen LogP contribution < -0.4 is 24.7 Å². The van der Waals surface area contributed by atoms with Crippen molar-refractivity contribution >= 4 is 35.7 Å². The minimum absolute atomic E-state index is 0.113. The van der Waals surface area contributed by atoms with Gasteiger partial charge in [0, 0.05) is 38.3 Å². The van der Waals surface area contributed by atoms with Gasteiger partial charge in [-0.15, -0.1) is 0 Å². The van der Waals surface area contributed by atoms with Crippen molar-refractivity contribution in [2.45, 2.75) is 25.7 Å². The number of carbonyl (C=O) groups excluding carboxylic acids is 1. The van der Waals surface area contributed by atoms with Crippen LogP contribution in [-0.4, -0.2) is 65.3 Å². The normalized spacial score (nSPS) is 15.1. The second-order valence-electron chi connectivity index (χ2n) is 9.12. The van der Waals surface area contributed by atoms with E-state index in [0.717, 1.165) is 51.9 Å². The van der Waals surface area contributed by atoms with Gasteiger partial charge in [0.1, 0.15) is 0 Å². The van der Waals surface area contributed by atoms with Gasteiger partial charge in [-0.05, 0) is 61.6 Å². The van der Waals surface area contributed by atoms with E-state index >= 15 is 0 Å². The average Bonchev–Trinajstić information content (AvgIpc) is 3.69. The smallest absolute Gasteiger partial charge is 0.343 e. The molecule has 2 fully saturated rings. The molecule has 3 aromatic rings. The molecule has 0 saturated carbocycles. The van der Waals surface area contributed by atoms with E-state index in [2.05, 4.69) is 30.3 Å². The van der Waals surface area contributed by atoms with Gasteiger partial charge >= 0.3 is 5.97 Å². The molecular weight excluding hydrogens is 504 g/mol. The predicted molar refractivity (Wildman–Crippen MR) is 145 cm³/mol. The molecule has 1 aromatic heterocycles. The number of non-ortho nitro benzene ring substituents is 1. The first-order chi connectivity index (χ1) is 19.0. The van der Waals surface area contributed by atoms with E-state index < -0.39 is 10.9 Å². The molecule has 0 spiro atoms. The summed E-state index contributed by atoms with van der Waals surface area (Å²) in [6.07, 6.45) is 6.05. The Morgan fingerprint density at radius 2 is 1.56 bits per heavy atom. The number of nitro benzene ring substituents is 1. The molecule has 2 aliphatic rings. The van der Waals surface area contributed by atoms with Crippen molar-refractivity contribution in [2.24, 2.45) is 5.10 Å². The summed E-state index contributed by atoms with van der Waals surface area (Å²) in [5.41, 5.74) is 3.67. The fraction of sp³-hybridized carbons (Fsp3) is 0.346. The first kappa shape index (κ1) is 25.8. The molecule has 0 bridgehead atoms. The van der Waals surface area contributed by atoms with Crippen molar-refractivity contribution in [1.29, 1.82) is 0 Å². The highest BCUT2D eigenvalue weighted by Gasteiger charge is 2.21. The average molecular weight is 533 g/mol. The number of carbonyl (C=O) groups is 1. The molecule has 13 heteroatoms. The van der Waals surface area contributed by atoms with Crippen LogP contribution in [0.15, 0.2) is 47.6 Å². The maximum Gasteiger partial charge on any atom is 0.343 e. The minimum atomic E-state index is -0.663. The Balaban J connectivity index is 1.28. The SMILES string of the molecule is COc1cc(C=NNc2nc(N3CCCC3)nc(N3CCCC3)n2)ccc1OC(=O)c1ccc([N+](=O)[O-])cc1. The van der Waals surface area contributed by atoms with Crippen LogP contribution >= 0.6 is 0 Å². The number of rotatable bonds is 9. The largest absolute Gasteiger partial charge is 0.493 e. The Kier molecular flexibility index (Phi) is 7.75. The monoisotopic (exact) mass is 532 g/mol. The van der Waals surface area contributed by atoms with Crippen molar-refractivity contribution < 1.29 is 19.2 Å². The number of ether oxygens (including phenoxy) is 2. The molecular formula is C26H28N8O5. The van der Waals surface area contributed by atoms with E-state index in [4.69, 9.17) is 14.5 Å². The number of hydrazone groups is 1. The van der Waals surface area contributed by atoms with Crippen LogP contribution in [0.3, 0.4) is 0 Å². The highest BCUT2D eigenvalue weighted by Crippen LogP contribution is 2.29. The van der Waals surface area contributed by atoms with Crippen molar-refractivity contribution in [3.63, 3.8) is 0 Å². The number of aromatic nitrogens is 3. The van der Waals surface area contributed by atoms with Crippen LogP contribution in [0.1, 0.15) is 41.6 Å². The Bertz CT molecular complexity index is 1340. The van der Waals surface area contributed by atoms with E-state index in [0.29, 0.717) is 29.2 Å². The maximum atomic E-state index is 12.5. The number of methoxy groups -OCH3 is 1. The summed E-state index contributed by atoms with van der Waals surface area (Å²) >= 11 is 0. The van der Waals surface area contributed by atoms with Crippen molar-refractivity contribution in [2.75, 3.05) is 48.5 Å². The number of benzene rings is 2. The first-order valence-corrected chi connectivity index (χ1v) is 12.7. The van der Waals surface area contributed by atoms with E-state index in [1.165, 1.54) is 31.4 Å². The summed E-state index contributed by atoms with van der Waals surface area (Å²) in [6, 6.07) is 10.1. The number of anilines is 3. The maximum absolute atomic E-state index is 12.5. The van der Waals surface area contributed by atoms with Crippen LogP contribution in [0.2, 0.25) is 0 Å². The topological polar surface area (TPSA) is 148 Å². The molecule has 0 radical (unpaired) electrons. The number of nitrogens with one attached hydrogen (secondary N) is 1. The molecule has 5 rings (SSSR count). The van der Waals surface area contributed by atoms with E-state index in [9.17, 15) is 14.9 Å². The molecule has 0 amide bonds. The summed E-state index contributed by atoms with van der Waals surface area (Å²) in [4.78, 5) is 41.0. The van der Waals surface area contributed by atoms with Gasteiger partial charge in [0.15, 0.2) is 11.5 Å². The van der Waals surface area contributed by atoms with E-state index in [1.807, 2.05) is 0 Å². The molecule has 2 saturated heterocycles. The van der Waals surface area contributed by atoms with Crippen LogP contribution in [0.5, 0.6) is 11.5 Å². The fourth-order valence-corrected chi connectivity index (χ4v) is 4.41. The lowest BCUT2D eigenvalue weighted by Gasteiger charge is -2.20. The molecule has 2 aromatic carbocycles. The zero-order chi connectivity index (χ0) is 27.2. The van der Waals surface area contributed by atoms with E-state index in [1.54, 1.807) is 24.4 Å². The Labute approximate surface area is 224 Å². The zero-order valence-corrected chi connectivity index (χ0v) is 21.4. The number of hydrogen-bond acceptors (Lipinski definition) is 12. The van der Waals surface area contributed by atoms with Crippen LogP contribution in [0, 0.1) is 10.1 Å². The quantitative estimate of drug-likeness (QED) is 0.141. The molecule has 13 nitrogen and oxygen atoms in total. The predicted octanol–water partition coefficient (Wildman–Crippen LogP) is 3.65. The molecule has 2 aliphatic heterocycles. The van der Waals surface area contributed by atoms with Gasteiger partial charge < -0.3 is 19.3 Å². The van der Waals surface area contributed by atoms with Crippen LogP contribution in [0.25, 0.3) is 0 Å². The van der Waals surface area contributed by atoms with Gasteiger partial charge in [0.05, 0.1) is 23.8 Å². The highest BCUT2D eigenvalue weighted by atomic mass is 16.6. The van der Waals surface area contributed by atoms with Gasteiger partial charge in [-0.2, -0.15) is 20.1 Å². The molecule has 0 aliphatic carbocycles. The molecule has 1 N–H and O–H groups in total. The second kappa shape index (κ2) is 11.7. The Morgan fingerprint density at radius 3 is 2.13 bits per heavy atom. The number of nitrogens with zero attached hydrogens (tertiary/aromatic N) is 7. The number of nitro groups is 1. The minimum Gasteiger partial charge on any atom is -0.493 e. The Hall–Kier alpha value is -4.81. The second-order valence-corrected chi connectivity index (χ2v) is 9.12. The van der Waals surface area contributed by atoms with Gasteiger partial charge in [0.2, 0.25) is 17.8 Å². The lowest BCUT2D eigenvalue weighted by molar-refractivity contribution is -0.384. The van der Waals surface area contributed by atoms with Crippen molar-refractivity contribution in [3.8, 4) is 11.5 Å². The number of esters is 1. The molecule has 39 heavy (non-hydrogen) atoms. The Morgan fingerprint density at radius 1 is 0.949 bits per heavy atom. The van der Waals surface area contributed by atoms with Crippen molar-refractivity contribution in [3.05, 3.63) is 63.7 Å². The molecule has 3 heterocycles. The third-order valence-corrected chi connectivity index (χ3v) is 6.47. The van der Waals surface area contributed by atoms with Gasteiger partial charge in [-0.1, -0.05) is 0 Å². The van der Waals surface area contributed by atoms with Gasteiger partial charge in [0.25, 0.3) is 5.69 Å². The molecule has 0 unspecified atom stereocenters. The molecule has 202 valence electrons. The lowest BCUT2D eigenvalue weighted by Crippen LogP contribution is -2.25. The third kappa shape index (κ3) is 6.20. The standard InChI is InChI=1S/C26H28N8O5/c1-38-22-16-18(6-11-21(22)39-23(35)19-7-9-20(10-8-19)34(36)37)17-27-31-24-28-25(32-12-2-3-13-32)30-26(29-24)33-14-4-5-15-33/h6-11,16-17H,2-5,12-15H2,1H3,(H,28,29,30,31). The summed E-state index contributed by atoms with van der Waals surface area (Å²) < 4.78 is 10.8. The zero-order valence-electron chi connectivity index (χ0n) is 21.4. The summed E-state index contributed by atoms with van der Waals surface area (Å²) in [6.45, 7) is 3.69. The lowest BCUT2D eigenvalue weighted by atomic mass is 10.2. The first-order valence-electron chi connectivity index (χ1n) is 12.7. The van der Waals surface area contributed by atoms with Gasteiger partial charge in [-0.25, -0.2) is 10.2 Å².